The van der Waals surface area contributed by atoms with Gasteiger partial charge in [-0.05, 0) is 55.8 Å². The summed E-state index contributed by atoms with van der Waals surface area (Å²) in [5, 5.41) is 0. The third kappa shape index (κ3) is 2.41. The van der Waals surface area contributed by atoms with E-state index in [-0.39, 0.29) is 29.2 Å². The van der Waals surface area contributed by atoms with Crippen molar-refractivity contribution in [3.05, 3.63) is 0 Å². The van der Waals surface area contributed by atoms with E-state index in [1.165, 1.54) is 32.1 Å². The number of methoxy groups -OCH3 is 2. The Labute approximate surface area is 159 Å². The van der Waals surface area contributed by atoms with Gasteiger partial charge in [-0.2, -0.15) is 0 Å². The van der Waals surface area contributed by atoms with Gasteiger partial charge in [-0.25, -0.2) is 0 Å². The van der Waals surface area contributed by atoms with Crippen LogP contribution in [0, 0.1) is 22.7 Å². The van der Waals surface area contributed by atoms with Crippen LogP contribution in [0.15, 0.2) is 0 Å². The maximum absolute atomic E-state index is 7.22. The smallest absolute Gasteiger partial charge is 0.189 e. The number of hydrogen-bond acceptors (Lipinski definition) is 4. The Kier molecular flexibility index (Phi) is 4.55. The van der Waals surface area contributed by atoms with Crippen LogP contribution in [0.4, 0.5) is 0 Å². The Morgan fingerprint density at radius 3 is 2.38 bits per heavy atom. The molecule has 2 aliphatic heterocycles. The van der Waals surface area contributed by atoms with Gasteiger partial charge in [0.15, 0.2) is 12.6 Å². The van der Waals surface area contributed by atoms with E-state index in [9.17, 15) is 0 Å². The van der Waals surface area contributed by atoms with E-state index in [0.29, 0.717) is 11.3 Å². The fourth-order valence-electron chi connectivity index (χ4n) is 7.57. The van der Waals surface area contributed by atoms with Crippen LogP contribution in [0.2, 0.25) is 0 Å². The van der Waals surface area contributed by atoms with E-state index in [1.54, 1.807) is 14.2 Å². The van der Waals surface area contributed by atoms with Crippen LogP contribution in [-0.4, -0.2) is 38.0 Å². The van der Waals surface area contributed by atoms with Gasteiger partial charge < -0.3 is 18.9 Å². The van der Waals surface area contributed by atoms with Gasteiger partial charge in [0.25, 0.3) is 0 Å². The van der Waals surface area contributed by atoms with Crippen LogP contribution >= 0.6 is 0 Å². The van der Waals surface area contributed by atoms with Crippen LogP contribution in [0.3, 0.4) is 0 Å². The highest BCUT2D eigenvalue weighted by molar-refractivity contribution is 5.16. The van der Waals surface area contributed by atoms with E-state index < -0.39 is 0 Å². The predicted molar refractivity (Wildman–Crippen MR) is 101 cm³/mol. The molecule has 2 saturated carbocycles. The highest BCUT2D eigenvalue weighted by atomic mass is 16.8. The minimum Gasteiger partial charge on any atom is -0.362 e. The largest absolute Gasteiger partial charge is 0.362 e. The Balaban J connectivity index is 1.71. The summed E-state index contributed by atoms with van der Waals surface area (Å²) >= 11 is 0. The summed E-state index contributed by atoms with van der Waals surface area (Å²) in [5.74, 6) is 1.31. The van der Waals surface area contributed by atoms with Crippen LogP contribution in [0.5, 0.6) is 0 Å². The molecule has 0 aromatic rings. The zero-order valence-corrected chi connectivity index (χ0v) is 17.6. The van der Waals surface area contributed by atoms with Gasteiger partial charge in [-0.3, -0.25) is 0 Å². The SMILES string of the molecule is CO[C@@H]1C[C@]2(CC[C@]3(O2)[C@@H](C)CC[C@@H]2C(C)(C)CCC[C@]23C)[C@H](OC)O1. The maximum atomic E-state index is 7.22. The summed E-state index contributed by atoms with van der Waals surface area (Å²) in [6.45, 7) is 9.94. The molecule has 0 aromatic heterocycles. The van der Waals surface area contributed by atoms with Crippen LogP contribution in [-0.2, 0) is 18.9 Å². The number of rotatable bonds is 2. The zero-order chi connectivity index (χ0) is 18.8. The molecule has 2 heterocycles. The summed E-state index contributed by atoms with van der Waals surface area (Å²) in [4.78, 5) is 0. The molecule has 4 nitrogen and oxygen atoms in total. The number of hydrogen-bond donors (Lipinski definition) is 0. The molecule has 4 heteroatoms. The molecule has 0 amide bonds. The molecule has 2 aliphatic carbocycles. The second-order valence-corrected chi connectivity index (χ2v) is 10.4. The van der Waals surface area contributed by atoms with Crippen LogP contribution < -0.4 is 0 Å². The molecule has 150 valence electrons. The van der Waals surface area contributed by atoms with Gasteiger partial charge >= 0.3 is 0 Å². The highest BCUT2D eigenvalue weighted by Crippen LogP contribution is 2.68. The third-order valence-electron chi connectivity index (χ3n) is 8.88. The molecule has 0 aromatic carbocycles. The van der Waals surface area contributed by atoms with Gasteiger partial charge in [0, 0.05) is 26.1 Å². The van der Waals surface area contributed by atoms with Crippen molar-refractivity contribution in [3.63, 3.8) is 0 Å². The first-order chi connectivity index (χ1) is 12.2. The molecular formula is C22H38O4. The first-order valence-corrected chi connectivity index (χ1v) is 10.6. The van der Waals surface area contributed by atoms with Crippen molar-refractivity contribution in [2.24, 2.45) is 22.7 Å². The normalized spacial score (nSPS) is 53.3. The van der Waals surface area contributed by atoms with Gasteiger partial charge in [-0.15, -0.1) is 0 Å². The first kappa shape index (κ1) is 19.2. The lowest BCUT2D eigenvalue weighted by atomic mass is 9.44. The van der Waals surface area contributed by atoms with E-state index in [2.05, 4.69) is 27.7 Å². The molecule has 4 aliphatic rings. The minimum absolute atomic E-state index is 0.0591. The molecule has 4 fully saturated rings. The third-order valence-corrected chi connectivity index (χ3v) is 8.88. The topological polar surface area (TPSA) is 36.9 Å². The fourth-order valence-corrected chi connectivity index (χ4v) is 7.57. The second kappa shape index (κ2) is 6.17. The van der Waals surface area contributed by atoms with Crippen molar-refractivity contribution in [2.45, 2.75) is 103 Å². The molecule has 0 bridgehead atoms. The number of fused-ring (bicyclic) bond motifs is 2. The average molecular weight is 367 g/mol. The van der Waals surface area contributed by atoms with E-state index in [4.69, 9.17) is 18.9 Å². The van der Waals surface area contributed by atoms with Crippen molar-refractivity contribution in [2.75, 3.05) is 14.2 Å². The number of ether oxygens (including phenoxy) is 4. The lowest BCUT2D eigenvalue weighted by Gasteiger charge is -2.64. The molecule has 4 rings (SSSR count). The quantitative estimate of drug-likeness (QED) is 0.696. The summed E-state index contributed by atoms with van der Waals surface area (Å²) in [6.07, 6.45) is 8.93. The monoisotopic (exact) mass is 366 g/mol. The summed E-state index contributed by atoms with van der Waals surface area (Å²) in [5.41, 5.74) is 0.229. The van der Waals surface area contributed by atoms with Crippen LogP contribution in [0.1, 0.15) is 79.1 Å². The Morgan fingerprint density at radius 2 is 1.69 bits per heavy atom. The van der Waals surface area contributed by atoms with Crippen molar-refractivity contribution in [1.82, 2.24) is 0 Å². The molecular weight excluding hydrogens is 328 g/mol. The van der Waals surface area contributed by atoms with Crippen molar-refractivity contribution in [3.8, 4) is 0 Å². The average Bonchev–Trinajstić information content (AvgIpc) is 3.15. The Hall–Kier alpha value is -0.160. The van der Waals surface area contributed by atoms with E-state index >= 15 is 0 Å². The first-order valence-electron chi connectivity index (χ1n) is 10.6. The van der Waals surface area contributed by atoms with Gasteiger partial charge in [0.05, 0.1) is 5.60 Å². The molecule has 0 N–H and O–H groups in total. The van der Waals surface area contributed by atoms with Crippen molar-refractivity contribution in [1.29, 1.82) is 0 Å². The fraction of sp³-hybridized carbons (Fsp3) is 1.00. The van der Waals surface area contributed by atoms with Gasteiger partial charge in [0.1, 0.15) is 5.60 Å². The van der Waals surface area contributed by atoms with E-state index in [1.807, 2.05) is 0 Å². The molecule has 2 spiro atoms. The minimum atomic E-state index is -0.351. The molecule has 26 heavy (non-hydrogen) atoms. The summed E-state index contributed by atoms with van der Waals surface area (Å²) in [7, 11) is 3.45. The second-order valence-electron chi connectivity index (χ2n) is 10.4. The summed E-state index contributed by atoms with van der Waals surface area (Å²) in [6, 6.07) is 0. The molecule has 2 saturated heterocycles. The molecule has 0 unspecified atom stereocenters. The Bertz CT molecular complexity index is 548. The van der Waals surface area contributed by atoms with Crippen molar-refractivity contribution >= 4 is 0 Å². The lowest BCUT2D eigenvalue weighted by molar-refractivity contribution is -0.281. The summed E-state index contributed by atoms with van der Waals surface area (Å²) < 4.78 is 24.5. The highest BCUT2D eigenvalue weighted by Gasteiger charge is 2.69. The van der Waals surface area contributed by atoms with Crippen molar-refractivity contribution < 1.29 is 18.9 Å². The Morgan fingerprint density at radius 1 is 0.923 bits per heavy atom. The lowest BCUT2D eigenvalue weighted by Crippen LogP contribution is -2.63. The van der Waals surface area contributed by atoms with Gasteiger partial charge in [-0.1, -0.05) is 34.1 Å². The maximum Gasteiger partial charge on any atom is 0.189 e. The zero-order valence-electron chi connectivity index (χ0n) is 17.6. The van der Waals surface area contributed by atoms with Crippen LogP contribution in [0.25, 0.3) is 0 Å². The molecule has 7 atom stereocenters. The van der Waals surface area contributed by atoms with E-state index in [0.717, 1.165) is 25.2 Å². The molecule has 0 radical (unpaired) electrons. The predicted octanol–water partition coefficient (Wildman–Crippen LogP) is 4.90. The standard InChI is InChI=1S/C22H38O4/c1-15-8-9-16-19(2,3)10-7-11-20(16,4)22(15)13-12-21(26-22)14-17(23-5)25-18(21)24-6/h15-18H,7-14H2,1-6H3/t15-,16+,17-,18+,20+,21+,22-/m0/s1. The van der Waals surface area contributed by atoms with Gasteiger partial charge in [0.2, 0.25) is 0 Å².